The van der Waals surface area contributed by atoms with Gasteiger partial charge in [-0.15, -0.1) is 0 Å². The van der Waals surface area contributed by atoms with Gasteiger partial charge in [-0.2, -0.15) is 4.98 Å². The second-order valence-electron chi connectivity index (χ2n) is 4.52. The minimum Gasteiger partial charge on any atom is -0.473 e. The molecule has 19 heavy (non-hydrogen) atoms. The number of aromatic nitrogens is 2. The average molecular weight is 284 g/mol. The fourth-order valence-corrected chi connectivity index (χ4v) is 2.89. The Balaban J connectivity index is 2.16. The van der Waals surface area contributed by atoms with Crippen molar-refractivity contribution in [1.29, 1.82) is 0 Å². The van der Waals surface area contributed by atoms with E-state index in [2.05, 4.69) is 15.3 Å². The van der Waals surface area contributed by atoms with Crippen LogP contribution in [0.4, 0.5) is 11.5 Å². The van der Waals surface area contributed by atoms with Gasteiger partial charge in [0.1, 0.15) is 12.0 Å². The molecule has 8 heteroatoms. The topological polar surface area (TPSA) is 107 Å². The lowest BCUT2D eigenvalue weighted by Crippen LogP contribution is -2.22. The Hall–Kier alpha value is -1.83. The van der Waals surface area contributed by atoms with Crippen LogP contribution in [0.25, 0.3) is 0 Å². The van der Waals surface area contributed by atoms with Gasteiger partial charge in [0.05, 0.1) is 17.9 Å². The minimum absolute atomic E-state index is 0.00316. The van der Waals surface area contributed by atoms with Crippen molar-refractivity contribution in [3.8, 4) is 5.88 Å². The van der Waals surface area contributed by atoms with E-state index in [-0.39, 0.29) is 29.5 Å². The molecule has 1 unspecified atom stereocenters. The number of nitrogens with zero attached hydrogens (tertiary/aromatic N) is 2. The van der Waals surface area contributed by atoms with Crippen molar-refractivity contribution >= 4 is 21.3 Å². The van der Waals surface area contributed by atoms with E-state index in [1.54, 1.807) is 6.08 Å². The van der Waals surface area contributed by atoms with Crippen LogP contribution in [0.3, 0.4) is 0 Å². The van der Waals surface area contributed by atoms with Crippen LogP contribution in [0, 0.1) is 0 Å². The molecule has 1 aromatic rings. The van der Waals surface area contributed by atoms with Crippen LogP contribution in [0.5, 0.6) is 5.88 Å². The van der Waals surface area contributed by atoms with Crippen LogP contribution in [-0.4, -0.2) is 36.3 Å². The number of nitrogens with two attached hydrogens (primary N) is 1. The van der Waals surface area contributed by atoms with Gasteiger partial charge in [-0.25, -0.2) is 13.4 Å². The molecule has 1 atom stereocenters. The molecule has 0 amide bonds. The zero-order valence-electron chi connectivity index (χ0n) is 10.7. The molecule has 0 saturated heterocycles. The average Bonchev–Trinajstić information content (AvgIpc) is 2.63. The van der Waals surface area contributed by atoms with E-state index in [0.717, 1.165) is 0 Å². The largest absolute Gasteiger partial charge is 0.473 e. The molecular weight excluding hydrogens is 268 g/mol. The molecular formula is C11H16N4O3S. The Labute approximate surface area is 111 Å². The summed E-state index contributed by atoms with van der Waals surface area (Å²) in [5.74, 6) is 0.659. The minimum atomic E-state index is -3.12. The first-order valence-electron chi connectivity index (χ1n) is 5.82. The third-order valence-electron chi connectivity index (χ3n) is 2.45. The summed E-state index contributed by atoms with van der Waals surface area (Å²) in [4.78, 5) is 7.95. The van der Waals surface area contributed by atoms with Crippen molar-refractivity contribution in [1.82, 2.24) is 9.97 Å². The first-order valence-corrected chi connectivity index (χ1v) is 7.53. The number of anilines is 2. The number of rotatable bonds is 4. The van der Waals surface area contributed by atoms with E-state index in [0.29, 0.717) is 5.82 Å². The maximum atomic E-state index is 11.3. The Morgan fingerprint density at radius 1 is 1.47 bits per heavy atom. The van der Waals surface area contributed by atoms with Gasteiger partial charge >= 0.3 is 0 Å². The van der Waals surface area contributed by atoms with Gasteiger partial charge in [0.2, 0.25) is 5.88 Å². The third-order valence-corrected chi connectivity index (χ3v) is 3.84. The normalized spacial score (nSPS) is 20.7. The van der Waals surface area contributed by atoms with E-state index in [1.807, 2.05) is 13.8 Å². The molecule has 1 aromatic heterocycles. The number of hydrogen-bond donors (Lipinski definition) is 2. The monoisotopic (exact) mass is 284 g/mol. The highest BCUT2D eigenvalue weighted by atomic mass is 32.2. The highest BCUT2D eigenvalue weighted by molar-refractivity contribution is 7.94. The van der Waals surface area contributed by atoms with Gasteiger partial charge in [0.25, 0.3) is 0 Å². The summed E-state index contributed by atoms with van der Waals surface area (Å²) in [5.41, 5.74) is 6.16. The number of nitrogens with one attached hydrogen (secondary N) is 1. The second kappa shape index (κ2) is 5.04. The predicted octanol–water partition coefficient (Wildman–Crippen LogP) is 0.569. The molecule has 0 aromatic carbocycles. The molecule has 0 saturated carbocycles. The molecule has 2 heterocycles. The first kappa shape index (κ1) is 13.6. The summed E-state index contributed by atoms with van der Waals surface area (Å²) in [6, 6.07) is -0.339. The van der Waals surface area contributed by atoms with Crippen molar-refractivity contribution in [2.75, 3.05) is 16.8 Å². The molecule has 0 fully saturated rings. The van der Waals surface area contributed by atoms with E-state index in [4.69, 9.17) is 10.5 Å². The number of ether oxygens (including phenoxy) is 1. The number of sulfone groups is 1. The predicted molar refractivity (Wildman–Crippen MR) is 72.5 cm³/mol. The summed E-state index contributed by atoms with van der Waals surface area (Å²) >= 11 is 0. The fourth-order valence-electron chi connectivity index (χ4n) is 1.65. The summed E-state index contributed by atoms with van der Waals surface area (Å²) in [6.07, 6.45) is 2.83. The molecule has 1 aliphatic heterocycles. The number of hydrogen-bond acceptors (Lipinski definition) is 7. The highest BCUT2D eigenvalue weighted by Crippen LogP contribution is 2.26. The SMILES string of the molecule is CC(C)Oc1ncnc(NC2C=CS(=O)(=O)C2)c1N. The van der Waals surface area contributed by atoms with Crippen LogP contribution in [0.1, 0.15) is 13.8 Å². The van der Waals surface area contributed by atoms with Crippen molar-refractivity contribution < 1.29 is 13.2 Å². The van der Waals surface area contributed by atoms with Gasteiger partial charge < -0.3 is 15.8 Å². The summed E-state index contributed by atoms with van der Waals surface area (Å²) in [7, 11) is -3.12. The Morgan fingerprint density at radius 2 is 2.21 bits per heavy atom. The Morgan fingerprint density at radius 3 is 2.79 bits per heavy atom. The van der Waals surface area contributed by atoms with Gasteiger partial charge in [0, 0.05) is 5.41 Å². The van der Waals surface area contributed by atoms with Crippen molar-refractivity contribution in [2.45, 2.75) is 26.0 Å². The van der Waals surface area contributed by atoms with Gasteiger partial charge in [0.15, 0.2) is 15.7 Å². The molecule has 2 rings (SSSR count). The second-order valence-corrected chi connectivity index (χ2v) is 6.45. The summed E-state index contributed by atoms with van der Waals surface area (Å²) in [6.45, 7) is 3.72. The Kier molecular flexibility index (Phi) is 3.61. The van der Waals surface area contributed by atoms with Crippen LogP contribution < -0.4 is 15.8 Å². The van der Waals surface area contributed by atoms with Gasteiger partial charge in [-0.05, 0) is 19.9 Å². The maximum absolute atomic E-state index is 11.3. The van der Waals surface area contributed by atoms with Crippen LogP contribution in [0.2, 0.25) is 0 Å². The lowest BCUT2D eigenvalue weighted by molar-refractivity contribution is 0.234. The summed E-state index contributed by atoms with van der Waals surface area (Å²) in [5, 5.41) is 4.14. The smallest absolute Gasteiger partial charge is 0.242 e. The standard InChI is InChI=1S/C11H16N4O3S/c1-7(2)18-11-9(12)10(13-6-14-11)15-8-3-4-19(16,17)5-8/h3-4,6-8H,5,12H2,1-2H3,(H,13,14,15). The quantitative estimate of drug-likeness (QED) is 0.832. The van der Waals surface area contributed by atoms with Crippen LogP contribution in [0.15, 0.2) is 17.8 Å². The van der Waals surface area contributed by atoms with Gasteiger partial charge in [-0.1, -0.05) is 0 Å². The van der Waals surface area contributed by atoms with Gasteiger partial charge in [-0.3, -0.25) is 0 Å². The molecule has 0 bridgehead atoms. The van der Waals surface area contributed by atoms with Crippen LogP contribution >= 0.6 is 0 Å². The molecule has 104 valence electrons. The van der Waals surface area contributed by atoms with E-state index < -0.39 is 9.84 Å². The number of nitrogen functional groups attached to an aromatic ring is 1. The molecule has 7 nitrogen and oxygen atoms in total. The van der Waals surface area contributed by atoms with E-state index >= 15 is 0 Å². The molecule has 0 aliphatic carbocycles. The third kappa shape index (κ3) is 3.34. The lowest BCUT2D eigenvalue weighted by Gasteiger charge is -2.15. The highest BCUT2D eigenvalue weighted by Gasteiger charge is 2.23. The zero-order valence-corrected chi connectivity index (χ0v) is 11.5. The summed E-state index contributed by atoms with van der Waals surface area (Å²) < 4.78 is 28.1. The zero-order chi connectivity index (χ0) is 14.0. The molecule has 1 aliphatic rings. The van der Waals surface area contributed by atoms with Crippen LogP contribution in [-0.2, 0) is 9.84 Å². The molecule has 0 spiro atoms. The van der Waals surface area contributed by atoms with Crippen molar-refractivity contribution in [2.24, 2.45) is 0 Å². The Bertz CT molecular complexity index is 598. The maximum Gasteiger partial charge on any atom is 0.242 e. The molecule has 3 N–H and O–H groups in total. The molecule has 0 radical (unpaired) electrons. The van der Waals surface area contributed by atoms with E-state index in [9.17, 15) is 8.42 Å². The van der Waals surface area contributed by atoms with Crippen molar-refractivity contribution in [3.63, 3.8) is 0 Å². The lowest BCUT2D eigenvalue weighted by atomic mass is 10.3. The fraction of sp³-hybridized carbons (Fsp3) is 0.455. The first-order chi connectivity index (χ1) is 8.87. The van der Waals surface area contributed by atoms with E-state index in [1.165, 1.54) is 11.7 Å². The van der Waals surface area contributed by atoms with Crippen molar-refractivity contribution in [3.05, 3.63) is 17.8 Å².